The molecule has 3 aromatic carbocycles. The number of hydrogen-bond acceptors (Lipinski definition) is 6. The van der Waals surface area contributed by atoms with E-state index in [1.54, 1.807) is 60.7 Å². The highest BCUT2D eigenvalue weighted by Crippen LogP contribution is 2.25. The second-order valence-electron chi connectivity index (χ2n) is 8.64. The van der Waals surface area contributed by atoms with Gasteiger partial charge in [-0.15, -0.1) is 0 Å². The van der Waals surface area contributed by atoms with Crippen LogP contribution < -0.4 is 11.1 Å². The summed E-state index contributed by atoms with van der Waals surface area (Å²) in [6, 6.07) is 22.2. The number of likely N-dealkylation sites (N-methyl/N-ethyl adjacent to an activating group) is 1. The number of carboxylic acids is 1. The van der Waals surface area contributed by atoms with Crippen LogP contribution in [-0.4, -0.2) is 61.1 Å². The van der Waals surface area contributed by atoms with Crippen molar-refractivity contribution in [2.75, 3.05) is 18.6 Å². The van der Waals surface area contributed by atoms with Gasteiger partial charge in [-0.25, -0.2) is 13.2 Å². The Morgan fingerprint density at radius 2 is 1.68 bits per heavy atom. The second kappa shape index (κ2) is 13.6. The third kappa shape index (κ3) is 9.45. The molecule has 0 heterocycles. The molecule has 0 saturated carbocycles. The molecule has 14 heteroatoms. The molecule has 10 nitrogen and oxygen atoms in total. The minimum atomic E-state index is -5.08. The van der Waals surface area contributed by atoms with Crippen molar-refractivity contribution in [2.45, 2.75) is 18.6 Å². The number of halogens is 3. The molecule has 0 unspecified atom stereocenters. The van der Waals surface area contributed by atoms with E-state index in [1.165, 1.54) is 7.05 Å². The Morgan fingerprint density at radius 3 is 2.20 bits per heavy atom. The lowest BCUT2D eigenvalue weighted by Gasteiger charge is -2.25. The van der Waals surface area contributed by atoms with Crippen molar-refractivity contribution in [2.24, 2.45) is 5.73 Å². The second-order valence-corrected chi connectivity index (χ2v) is 10.7. The molecule has 0 aliphatic heterocycles. The number of sulfonamides is 1. The van der Waals surface area contributed by atoms with Crippen molar-refractivity contribution in [1.29, 1.82) is 10.7 Å². The summed E-state index contributed by atoms with van der Waals surface area (Å²) in [5.74, 6) is -3.36. The highest BCUT2D eigenvalue weighted by Gasteiger charge is 2.38. The number of hydrogen-bond donors (Lipinski definition) is 4. The molecule has 0 saturated heterocycles. The van der Waals surface area contributed by atoms with Gasteiger partial charge in [0.25, 0.3) is 0 Å². The fourth-order valence-electron chi connectivity index (χ4n) is 3.50. The summed E-state index contributed by atoms with van der Waals surface area (Å²) < 4.78 is 57.2. The minimum absolute atomic E-state index is 0.101. The van der Waals surface area contributed by atoms with Crippen LogP contribution in [0.25, 0.3) is 11.1 Å². The number of nitriles is 1. The normalized spacial score (nSPS) is 11.9. The summed E-state index contributed by atoms with van der Waals surface area (Å²) in [4.78, 5) is 22.0. The van der Waals surface area contributed by atoms with Crippen LogP contribution in [0, 0.1) is 16.7 Å². The minimum Gasteiger partial charge on any atom is -0.475 e. The molecule has 0 radical (unpaired) electrons. The van der Waals surface area contributed by atoms with E-state index in [-0.39, 0.29) is 12.3 Å². The van der Waals surface area contributed by atoms with Gasteiger partial charge < -0.3 is 16.2 Å². The number of carbonyl (C=O) groups is 2. The quantitative estimate of drug-likeness (QED) is 0.229. The van der Waals surface area contributed by atoms with Crippen LogP contribution in [0.4, 0.5) is 18.9 Å². The van der Waals surface area contributed by atoms with Crippen LogP contribution >= 0.6 is 0 Å². The lowest BCUT2D eigenvalue weighted by Crippen LogP contribution is -2.46. The van der Waals surface area contributed by atoms with Crippen molar-refractivity contribution < 1.29 is 36.3 Å². The first kappa shape index (κ1) is 32.5. The predicted molar refractivity (Wildman–Crippen MR) is 146 cm³/mol. The predicted octanol–water partition coefficient (Wildman–Crippen LogP) is 3.58. The molecule has 0 aliphatic carbocycles. The van der Waals surface area contributed by atoms with Gasteiger partial charge in [0.05, 0.1) is 17.9 Å². The summed E-state index contributed by atoms with van der Waals surface area (Å²) in [6.07, 6.45) is -3.94. The zero-order valence-electron chi connectivity index (χ0n) is 21.8. The summed E-state index contributed by atoms with van der Waals surface area (Å²) in [6.45, 7) is 0. The Morgan fingerprint density at radius 1 is 1.10 bits per heavy atom. The van der Waals surface area contributed by atoms with Gasteiger partial charge in [-0.2, -0.15) is 22.7 Å². The Bertz CT molecular complexity index is 1570. The highest BCUT2D eigenvalue weighted by atomic mass is 32.2. The molecule has 3 rings (SSSR count). The van der Waals surface area contributed by atoms with E-state index in [0.29, 0.717) is 22.4 Å². The number of nitrogens with one attached hydrogen (secondary N) is 2. The van der Waals surface area contributed by atoms with E-state index in [2.05, 4.69) is 11.4 Å². The van der Waals surface area contributed by atoms with E-state index in [1.807, 2.05) is 12.1 Å². The number of nitrogen functional groups attached to an aromatic ring is 1. The third-order valence-corrected chi connectivity index (χ3v) is 6.99. The number of amidine groups is 1. The van der Waals surface area contributed by atoms with Crippen molar-refractivity contribution in [3.63, 3.8) is 0 Å². The van der Waals surface area contributed by atoms with Gasteiger partial charge >= 0.3 is 12.1 Å². The SMILES string of the molecule is CN([C@@H](Cc1cccc(C(=N)N)c1)C(=O)Nc1ccc(-c2ccccc2C#N)cc1)S(C)(=O)=O.O=C(O)C(F)(F)F. The van der Waals surface area contributed by atoms with Crippen LogP contribution in [0.15, 0.2) is 72.8 Å². The number of rotatable bonds is 8. The topological polar surface area (TPSA) is 177 Å². The van der Waals surface area contributed by atoms with Crippen molar-refractivity contribution in [1.82, 2.24) is 4.31 Å². The molecule has 0 bridgehead atoms. The molecule has 216 valence electrons. The Kier molecular flexibility index (Phi) is 10.7. The molecule has 41 heavy (non-hydrogen) atoms. The van der Waals surface area contributed by atoms with Gasteiger partial charge in [0.2, 0.25) is 15.9 Å². The summed E-state index contributed by atoms with van der Waals surface area (Å²) in [7, 11) is -2.30. The molecule has 0 spiro atoms. The zero-order chi connectivity index (χ0) is 31.0. The van der Waals surface area contributed by atoms with Crippen molar-refractivity contribution >= 4 is 33.4 Å². The van der Waals surface area contributed by atoms with Crippen molar-refractivity contribution in [3.05, 3.63) is 89.5 Å². The van der Waals surface area contributed by atoms with Gasteiger partial charge in [0.1, 0.15) is 11.9 Å². The van der Waals surface area contributed by atoms with Crippen LogP contribution in [0.3, 0.4) is 0 Å². The van der Waals surface area contributed by atoms with E-state index >= 15 is 0 Å². The first-order valence-corrected chi connectivity index (χ1v) is 13.5. The number of amides is 1. The molecule has 5 N–H and O–H groups in total. The number of carbonyl (C=O) groups excluding carboxylic acids is 1. The van der Waals surface area contributed by atoms with Gasteiger partial charge in [-0.1, -0.05) is 48.5 Å². The zero-order valence-corrected chi connectivity index (χ0v) is 22.6. The van der Waals surface area contributed by atoms with Gasteiger partial charge in [0, 0.05) is 18.3 Å². The molecule has 1 atom stereocenters. The molecule has 0 aromatic heterocycles. The van der Waals surface area contributed by atoms with Gasteiger partial charge in [-0.05, 0) is 47.4 Å². The van der Waals surface area contributed by atoms with E-state index in [4.69, 9.17) is 21.0 Å². The average Bonchev–Trinajstić information content (AvgIpc) is 2.91. The summed E-state index contributed by atoms with van der Waals surface area (Å²) >= 11 is 0. The first-order chi connectivity index (χ1) is 19.0. The number of anilines is 1. The molecule has 0 aliphatic rings. The van der Waals surface area contributed by atoms with Crippen LogP contribution in [0.5, 0.6) is 0 Å². The van der Waals surface area contributed by atoms with Gasteiger partial charge in [-0.3, -0.25) is 10.2 Å². The van der Waals surface area contributed by atoms with Crippen LogP contribution in [-0.2, 0) is 26.0 Å². The summed E-state index contributed by atoms with van der Waals surface area (Å²) in [5, 5.41) is 26.8. The summed E-state index contributed by atoms with van der Waals surface area (Å²) in [5.41, 5.74) is 9.36. The number of alkyl halides is 3. The lowest BCUT2D eigenvalue weighted by molar-refractivity contribution is -0.192. The smallest absolute Gasteiger partial charge is 0.475 e. The monoisotopic (exact) mass is 589 g/mol. The third-order valence-electron chi connectivity index (χ3n) is 5.69. The largest absolute Gasteiger partial charge is 0.490 e. The fraction of sp³-hybridized carbons (Fsp3) is 0.185. The molecule has 1 amide bonds. The average molecular weight is 590 g/mol. The number of nitrogens with two attached hydrogens (primary N) is 1. The van der Waals surface area contributed by atoms with Crippen LogP contribution in [0.1, 0.15) is 16.7 Å². The van der Waals surface area contributed by atoms with E-state index < -0.39 is 34.1 Å². The number of aliphatic carboxylic acids is 1. The Hall–Kier alpha value is -4.74. The van der Waals surface area contributed by atoms with E-state index in [9.17, 15) is 31.6 Å². The Labute approximate surface area is 234 Å². The molecular weight excluding hydrogens is 563 g/mol. The van der Waals surface area contributed by atoms with Crippen LogP contribution in [0.2, 0.25) is 0 Å². The number of nitrogens with zero attached hydrogens (tertiary/aromatic N) is 2. The molecule has 3 aromatic rings. The highest BCUT2D eigenvalue weighted by molar-refractivity contribution is 7.88. The number of benzene rings is 3. The first-order valence-electron chi connectivity index (χ1n) is 11.6. The standard InChI is InChI=1S/C25H25N5O3S.C2HF3O2/c1-30(34(2,32)33)23(15-17-6-5-8-19(14-17)24(27)28)25(31)29-21-12-10-18(11-13-21)22-9-4-3-7-20(22)16-26;3-2(4,5)1(6)7/h3-14,23H,15H2,1-2H3,(H3,27,28)(H,29,31);(H,6,7)/t23-;/m0./s1. The van der Waals surface area contributed by atoms with E-state index in [0.717, 1.165) is 21.7 Å². The maximum absolute atomic E-state index is 13.2. The van der Waals surface area contributed by atoms with Gasteiger partial charge in [0.15, 0.2) is 0 Å². The number of carboxylic acid groups (broad SMARTS) is 1. The Balaban J connectivity index is 0.000000745. The maximum atomic E-state index is 13.2. The lowest BCUT2D eigenvalue weighted by atomic mass is 10.00. The maximum Gasteiger partial charge on any atom is 0.490 e. The van der Waals surface area contributed by atoms with Crippen molar-refractivity contribution in [3.8, 4) is 17.2 Å². The fourth-order valence-corrected chi connectivity index (χ4v) is 4.13. The molecule has 0 fully saturated rings. The molecular formula is C27H26F3N5O5S.